The molecule has 0 aliphatic rings. The second-order valence-electron chi connectivity index (χ2n) is 2.90. The Morgan fingerprint density at radius 2 is 2.12 bits per heavy atom. The number of aromatic hydroxyl groups is 1. The van der Waals surface area contributed by atoms with Crippen LogP contribution < -0.4 is 10.5 Å². The number of para-hydroxylation sites is 1. The van der Waals surface area contributed by atoms with Gasteiger partial charge >= 0.3 is 0 Å². The Morgan fingerprint density at radius 1 is 1.44 bits per heavy atom. The fourth-order valence-electron chi connectivity index (χ4n) is 0.941. The van der Waals surface area contributed by atoms with E-state index in [1.165, 1.54) is 12.3 Å². The van der Waals surface area contributed by atoms with Crippen LogP contribution in [-0.4, -0.2) is 23.2 Å². The van der Waals surface area contributed by atoms with Gasteiger partial charge in [-0.15, -0.1) is 0 Å². The van der Waals surface area contributed by atoms with Gasteiger partial charge in [0.15, 0.2) is 0 Å². The van der Waals surface area contributed by atoms with Gasteiger partial charge in [-0.05, 0) is 12.1 Å². The van der Waals surface area contributed by atoms with Crippen LogP contribution in [0.4, 0.5) is 0 Å². The number of phenolic OH excluding ortho intramolecular Hbond substituents is 1. The quantitative estimate of drug-likeness (QED) is 0.386. The number of carbonyl (C=O) groups is 2. The highest BCUT2D eigenvalue weighted by Crippen LogP contribution is 2.12. The topological polar surface area (TPSA) is 102 Å². The molecule has 84 valence electrons. The van der Waals surface area contributed by atoms with Gasteiger partial charge in [0.1, 0.15) is 5.75 Å². The minimum atomic E-state index is -1.48. The van der Waals surface area contributed by atoms with Gasteiger partial charge in [-0.1, -0.05) is 12.1 Å². The molecule has 0 unspecified atom stereocenters. The third-order valence-electron chi connectivity index (χ3n) is 1.63. The zero-order valence-electron chi connectivity index (χ0n) is 8.21. The average molecular weight is 221 g/mol. The first-order chi connectivity index (χ1) is 7.59. The number of aliphatic carboxylic acids is 1. The van der Waals surface area contributed by atoms with Crippen molar-refractivity contribution in [1.29, 1.82) is 0 Å². The molecule has 0 fully saturated rings. The Bertz CT molecular complexity index is 429. The van der Waals surface area contributed by atoms with Gasteiger partial charge in [0.05, 0.1) is 18.6 Å². The number of carboxylic acid groups (broad SMARTS) is 1. The summed E-state index contributed by atoms with van der Waals surface area (Å²) in [7, 11) is 0. The molecular formula is C10H9N2O4-. The fraction of sp³-hybridized carbons (Fsp3) is 0.100. The molecule has 0 spiro atoms. The molecule has 0 aromatic heterocycles. The molecule has 1 rings (SSSR count). The predicted molar refractivity (Wildman–Crippen MR) is 53.5 cm³/mol. The van der Waals surface area contributed by atoms with Crippen LogP contribution in [0, 0.1) is 0 Å². The molecular weight excluding hydrogens is 212 g/mol. The van der Waals surface area contributed by atoms with Crippen molar-refractivity contribution in [2.24, 2.45) is 5.10 Å². The Hall–Kier alpha value is -2.37. The van der Waals surface area contributed by atoms with Gasteiger partial charge < -0.3 is 15.0 Å². The second kappa shape index (κ2) is 5.50. The van der Waals surface area contributed by atoms with Gasteiger partial charge in [-0.2, -0.15) is 5.10 Å². The molecule has 0 bridgehead atoms. The molecule has 6 heteroatoms. The van der Waals surface area contributed by atoms with E-state index in [1.807, 2.05) is 5.43 Å². The summed E-state index contributed by atoms with van der Waals surface area (Å²) in [5.74, 6) is -2.25. The maximum absolute atomic E-state index is 10.8. The molecule has 2 N–H and O–H groups in total. The van der Waals surface area contributed by atoms with E-state index in [-0.39, 0.29) is 5.75 Å². The van der Waals surface area contributed by atoms with E-state index in [1.54, 1.807) is 18.2 Å². The van der Waals surface area contributed by atoms with Crippen molar-refractivity contribution in [1.82, 2.24) is 5.43 Å². The van der Waals surface area contributed by atoms with Gasteiger partial charge in [-0.25, -0.2) is 5.43 Å². The van der Waals surface area contributed by atoms with Crippen molar-refractivity contribution in [3.05, 3.63) is 29.8 Å². The van der Waals surface area contributed by atoms with Crippen LogP contribution in [0.2, 0.25) is 0 Å². The fourth-order valence-corrected chi connectivity index (χ4v) is 0.941. The van der Waals surface area contributed by atoms with Crippen molar-refractivity contribution in [3.63, 3.8) is 0 Å². The van der Waals surface area contributed by atoms with Crippen molar-refractivity contribution < 1.29 is 19.8 Å². The lowest BCUT2D eigenvalue weighted by molar-refractivity contribution is -0.304. The summed E-state index contributed by atoms with van der Waals surface area (Å²) in [6.45, 7) is 0. The van der Waals surface area contributed by atoms with E-state index >= 15 is 0 Å². The van der Waals surface area contributed by atoms with Crippen molar-refractivity contribution in [2.45, 2.75) is 6.42 Å². The lowest BCUT2D eigenvalue weighted by Gasteiger charge is -2.00. The summed E-state index contributed by atoms with van der Waals surface area (Å²) in [4.78, 5) is 20.9. The van der Waals surface area contributed by atoms with E-state index in [0.29, 0.717) is 5.56 Å². The van der Waals surface area contributed by atoms with Crippen LogP contribution in [0.15, 0.2) is 29.4 Å². The Labute approximate surface area is 91.2 Å². The highest BCUT2D eigenvalue weighted by Gasteiger charge is 1.99. The number of nitrogens with one attached hydrogen (secondary N) is 1. The van der Waals surface area contributed by atoms with Crippen molar-refractivity contribution in [2.75, 3.05) is 0 Å². The lowest BCUT2D eigenvalue weighted by Crippen LogP contribution is -2.30. The Kier molecular flexibility index (Phi) is 4.02. The molecule has 16 heavy (non-hydrogen) atoms. The van der Waals surface area contributed by atoms with E-state index in [9.17, 15) is 19.8 Å². The molecule has 0 saturated heterocycles. The number of phenols is 1. The van der Waals surface area contributed by atoms with Crippen molar-refractivity contribution >= 4 is 18.1 Å². The van der Waals surface area contributed by atoms with Gasteiger partial charge in [0.25, 0.3) is 0 Å². The zero-order valence-corrected chi connectivity index (χ0v) is 8.21. The average Bonchev–Trinajstić information content (AvgIpc) is 2.19. The molecule has 0 atom stereocenters. The van der Waals surface area contributed by atoms with E-state index in [0.717, 1.165) is 0 Å². The monoisotopic (exact) mass is 221 g/mol. The summed E-state index contributed by atoms with van der Waals surface area (Å²) < 4.78 is 0. The number of amides is 1. The lowest BCUT2D eigenvalue weighted by atomic mass is 10.2. The van der Waals surface area contributed by atoms with Gasteiger partial charge in [0.2, 0.25) is 5.91 Å². The molecule has 0 heterocycles. The molecule has 6 nitrogen and oxygen atoms in total. The van der Waals surface area contributed by atoms with E-state index in [2.05, 4.69) is 5.10 Å². The van der Waals surface area contributed by atoms with Crippen LogP contribution in [0.3, 0.4) is 0 Å². The second-order valence-corrected chi connectivity index (χ2v) is 2.90. The first-order valence-corrected chi connectivity index (χ1v) is 4.39. The third kappa shape index (κ3) is 3.79. The minimum Gasteiger partial charge on any atom is -0.550 e. The third-order valence-corrected chi connectivity index (χ3v) is 1.63. The highest BCUT2D eigenvalue weighted by molar-refractivity contribution is 5.93. The predicted octanol–water partition coefficient (Wildman–Crippen LogP) is -1.02. The number of hydrazone groups is 1. The van der Waals surface area contributed by atoms with Crippen LogP contribution in [-0.2, 0) is 9.59 Å². The number of hydrogen-bond donors (Lipinski definition) is 2. The van der Waals surface area contributed by atoms with Crippen LogP contribution in [0.5, 0.6) is 5.75 Å². The number of rotatable bonds is 4. The number of carboxylic acids is 1. The van der Waals surface area contributed by atoms with Gasteiger partial charge in [0, 0.05) is 5.56 Å². The number of benzene rings is 1. The molecule has 0 radical (unpaired) electrons. The first kappa shape index (κ1) is 11.7. The summed E-state index contributed by atoms with van der Waals surface area (Å²) in [6.07, 6.45) is 0.459. The number of hydrogen-bond acceptors (Lipinski definition) is 5. The molecule has 0 aliphatic heterocycles. The summed E-state index contributed by atoms with van der Waals surface area (Å²) in [5, 5.41) is 22.8. The first-order valence-electron chi connectivity index (χ1n) is 4.39. The SMILES string of the molecule is O=C([O-])CC(=O)N/N=C/c1ccccc1O. The van der Waals surface area contributed by atoms with Crippen LogP contribution in [0.1, 0.15) is 12.0 Å². The molecule has 1 aromatic rings. The molecule has 0 saturated carbocycles. The summed E-state index contributed by atoms with van der Waals surface area (Å²) in [5.41, 5.74) is 2.40. The Balaban J connectivity index is 2.52. The highest BCUT2D eigenvalue weighted by atomic mass is 16.4. The summed E-state index contributed by atoms with van der Waals surface area (Å²) in [6, 6.07) is 6.37. The van der Waals surface area contributed by atoms with E-state index < -0.39 is 18.3 Å². The summed E-state index contributed by atoms with van der Waals surface area (Å²) >= 11 is 0. The Morgan fingerprint density at radius 3 is 2.75 bits per heavy atom. The van der Waals surface area contributed by atoms with E-state index in [4.69, 9.17) is 0 Å². The van der Waals surface area contributed by atoms with Crippen molar-refractivity contribution in [3.8, 4) is 5.75 Å². The van der Waals surface area contributed by atoms with Crippen LogP contribution >= 0.6 is 0 Å². The normalized spacial score (nSPS) is 10.2. The minimum absolute atomic E-state index is 0.0143. The maximum atomic E-state index is 10.8. The standard InChI is InChI=1S/C10H10N2O4/c13-8-4-2-1-3-7(8)6-11-12-9(14)5-10(15)16/h1-4,6,13H,5H2,(H,12,14)(H,15,16)/p-1/b11-6+. The largest absolute Gasteiger partial charge is 0.550 e. The molecule has 0 aliphatic carbocycles. The smallest absolute Gasteiger partial charge is 0.245 e. The van der Waals surface area contributed by atoms with Gasteiger partial charge in [-0.3, -0.25) is 4.79 Å². The number of carbonyl (C=O) groups excluding carboxylic acids is 2. The zero-order chi connectivity index (χ0) is 12.0. The maximum Gasteiger partial charge on any atom is 0.245 e. The molecule has 1 aromatic carbocycles. The number of nitrogens with zero attached hydrogens (tertiary/aromatic N) is 1. The molecule has 1 amide bonds. The van der Waals surface area contributed by atoms with Crippen LogP contribution in [0.25, 0.3) is 0 Å².